The molecular weight excluding hydrogens is 316 g/mol. The average Bonchev–Trinajstić information content (AvgIpc) is 2.97. The molecule has 0 saturated carbocycles. The highest BCUT2D eigenvalue weighted by Gasteiger charge is 2.24. The molecule has 2 aromatic rings. The highest BCUT2D eigenvalue weighted by atomic mass is 32.1. The highest BCUT2D eigenvalue weighted by molar-refractivity contribution is 7.17. The van der Waals surface area contributed by atoms with Crippen LogP contribution in [0.4, 0.5) is 0 Å². The minimum absolute atomic E-state index is 0.176. The molecule has 0 amide bonds. The van der Waals surface area contributed by atoms with Gasteiger partial charge in [0.1, 0.15) is 0 Å². The summed E-state index contributed by atoms with van der Waals surface area (Å²) >= 11 is 1.56. The summed E-state index contributed by atoms with van der Waals surface area (Å²) in [6, 6.07) is 6.02. The van der Waals surface area contributed by atoms with E-state index in [0.29, 0.717) is 12.2 Å². The summed E-state index contributed by atoms with van der Waals surface area (Å²) in [5.74, 6) is 6.41. The number of hydrogen-bond donors (Lipinski definition) is 0. The summed E-state index contributed by atoms with van der Waals surface area (Å²) < 4.78 is 6.18. The van der Waals surface area contributed by atoms with Gasteiger partial charge in [-0.25, -0.2) is 4.79 Å². The third-order valence-electron chi connectivity index (χ3n) is 4.50. The molecule has 1 aromatic heterocycles. The van der Waals surface area contributed by atoms with Crippen LogP contribution in [0.2, 0.25) is 0 Å². The Labute approximate surface area is 147 Å². The number of rotatable bonds is 2. The van der Waals surface area contributed by atoms with Crippen LogP contribution in [0.3, 0.4) is 0 Å². The number of carbonyl (C=O) groups excluding carboxylic acids is 1. The van der Waals surface area contributed by atoms with Gasteiger partial charge in [0.15, 0.2) is 0 Å². The highest BCUT2D eigenvalue weighted by Crippen LogP contribution is 2.36. The molecule has 0 bridgehead atoms. The summed E-state index contributed by atoms with van der Waals surface area (Å²) in [4.78, 5) is 12.0. The Morgan fingerprint density at radius 2 is 2.17 bits per heavy atom. The number of thiophene rings is 1. The lowest BCUT2D eigenvalue weighted by molar-refractivity contribution is 0.0529. The Morgan fingerprint density at radius 3 is 2.92 bits per heavy atom. The van der Waals surface area contributed by atoms with E-state index in [1.165, 1.54) is 18.4 Å². The first-order valence-electron chi connectivity index (χ1n) is 8.42. The third-order valence-corrected chi connectivity index (χ3v) is 5.44. The zero-order valence-corrected chi connectivity index (χ0v) is 15.3. The number of esters is 1. The van der Waals surface area contributed by atoms with E-state index in [2.05, 4.69) is 37.8 Å². The SMILES string of the molecule is CCOC(=O)c1csc2cc(C#CC3=CCCCC3(C)C)ccc12. The lowest BCUT2D eigenvalue weighted by atomic mass is 9.76. The number of ether oxygens (including phenoxy) is 1. The van der Waals surface area contributed by atoms with Crippen molar-refractivity contribution in [1.82, 2.24) is 0 Å². The van der Waals surface area contributed by atoms with E-state index < -0.39 is 0 Å². The molecule has 1 aliphatic carbocycles. The van der Waals surface area contributed by atoms with Crippen molar-refractivity contribution in [2.75, 3.05) is 6.61 Å². The Kier molecular flexibility index (Phi) is 4.78. The fraction of sp³-hybridized carbons (Fsp3) is 0.381. The quantitative estimate of drug-likeness (QED) is 0.529. The summed E-state index contributed by atoms with van der Waals surface area (Å²) in [7, 11) is 0. The van der Waals surface area contributed by atoms with E-state index in [1.54, 1.807) is 11.3 Å². The first-order chi connectivity index (χ1) is 11.5. The van der Waals surface area contributed by atoms with Crippen LogP contribution in [0, 0.1) is 17.3 Å². The van der Waals surface area contributed by atoms with Gasteiger partial charge in [-0.3, -0.25) is 0 Å². The van der Waals surface area contributed by atoms with Gasteiger partial charge in [-0.2, -0.15) is 0 Å². The standard InChI is InChI=1S/C21H22O2S/c1-4-23-20(22)18-14-24-19-13-15(9-11-17(18)19)8-10-16-7-5-6-12-21(16,2)3/h7,9,11,13-14H,4-6,12H2,1-3H3. The molecule has 0 radical (unpaired) electrons. The molecule has 124 valence electrons. The van der Waals surface area contributed by atoms with Gasteiger partial charge in [-0.15, -0.1) is 11.3 Å². The van der Waals surface area contributed by atoms with Gasteiger partial charge in [0.25, 0.3) is 0 Å². The van der Waals surface area contributed by atoms with Gasteiger partial charge in [0.05, 0.1) is 12.2 Å². The van der Waals surface area contributed by atoms with Crippen molar-refractivity contribution in [2.45, 2.75) is 40.0 Å². The first kappa shape index (κ1) is 16.8. The Hall–Kier alpha value is -2.05. The Bertz CT molecular complexity index is 859. The molecule has 2 nitrogen and oxygen atoms in total. The van der Waals surface area contributed by atoms with Crippen LogP contribution in [0.25, 0.3) is 10.1 Å². The van der Waals surface area contributed by atoms with Crippen LogP contribution >= 0.6 is 11.3 Å². The van der Waals surface area contributed by atoms with E-state index in [1.807, 2.05) is 24.4 Å². The largest absolute Gasteiger partial charge is 0.462 e. The maximum atomic E-state index is 12.0. The normalized spacial score (nSPS) is 16.2. The predicted molar refractivity (Wildman–Crippen MR) is 100 cm³/mol. The molecule has 0 N–H and O–H groups in total. The van der Waals surface area contributed by atoms with Crippen molar-refractivity contribution in [3.05, 3.63) is 46.4 Å². The molecule has 0 unspecified atom stereocenters. The molecule has 3 rings (SSSR count). The smallest absolute Gasteiger partial charge is 0.339 e. The predicted octanol–water partition coefficient (Wildman–Crippen LogP) is 5.57. The van der Waals surface area contributed by atoms with Crippen molar-refractivity contribution in [2.24, 2.45) is 5.41 Å². The van der Waals surface area contributed by atoms with Crippen LogP contribution in [0.5, 0.6) is 0 Å². The molecule has 1 aromatic carbocycles. The second-order valence-corrected chi connectivity index (χ2v) is 7.64. The molecule has 0 fully saturated rings. The first-order valence-corrected chi connectivity index (χ1v) is 9.30. The zero-order chi connectivity index (χ0) is 17.2. The van der Waals surface area contributed by atoms with Crippen LogP contribution < -0.4 is 0 Å². The molecule has 1 aliphatic rings. The number of carbonyl (C=O) groups is 1. The molecule has 3 heteroatoms. The molecule has 0 aliphatic heterocycles. The van der Waals surface area contributed by atoms with Crippen LogP contribution in [0.15, 0.2) is 35.2 Å². The lowest BCUT2D eigenvalue weighted by Crippen LogP contribution is -2.16. The van der Waals surface area contributed by atoms with Crippen molar-refractivity contribution >= 4 is 27.4 Å². The van der Waals surface area contributed by atoms with Crippen molar-refractivity contribution in [1.29, 1.82) is 0 Å². The monoisotopic (exact) mass is 338 g/mol. The van der Waals surface area contributed by atoms with Crippen LogP contribution in [0.1, 0.15) is 56.0 Å². The summed E-state index contributed by atoms with van der Waals surface area (Å²) in [6.45, 7) is 6.74. The molecule has 24 heavy (non-hydrogen) atoms. The van der Waals surface area contributed by atoms with Crippen molar-refractivity contribution in [3.63, 3.8) is 0 Å². The molecular formula is C21H22O2S. The van der Waals surface area contributed by atoms with Gasteiger partial charge in [0, 0.05) is 26.6 Å². The average molecular weight is 338 g/mol. The molecule has 0 saturated heterocycles. The second kappa shape index (κ2) is 6.83. The molecule has 0 atom stereocenters. The van der Waals surface area contributed by atoms with E-state index in [-0.39, 0.29) is 11.4 Å². The lowest BCUT2D eigenvalue weighted by Gasteiger charge is -2.28. The number of benzene rings is 1. The topological polar surface area (TPSA) is 26.3 Å². The summed E-state index contributed by atoms with van der Waals surface area (Å²) in [5.41, 5.74) is 3.05. The van der Waals surface area contributed by atoms with Gasteiger partial charge in [-0.1, -0.05) is 37.8 Å². The van der Waals surface area contributed by atoms with E-state index in [4.69, 9.17) is 4.74 Å². The third kappa shape index (κ3) is 3.39. The zero-order valence-electron chi connectivity index (χ0n) is 14.4. The van der Waals surface area contributed by atoms with E-state index >= 15 is 0 Å². The number of fused-ring (bicyclic) bond motifs is 1. The number of allylic oxidation sites excluding steroid dienone is 2. The van der Waals surface area contributed by atoms with E-state index in [9.17, 15) is 4.79 Å². The summed E-state index contributed by atoms with van der Waals surface area (Å²) in [5, 5.41) is 2.81. The van der Waals surface area contributed by atoms with Gasteiger partial charge >= 0.3 is 5.97 Å². The fourth-order valence-electron chi connectivity index (χ4n) is 3.03. The summed E-state index contributed by atoms with van der Waals surface area (Å²) in [6.07, 6.45) is 5.84. The maximum absolute atomic E-state index is 12.0. The van der Waals surface area contributed by atoms with Gasteiger partial charge in [0.2, 0.25) is 0 Å². The fourth-order valence-corrected chi connectivity index (χ4v) is 4.00. The minimum Gasteiger partial charge on any atom is -0.462 e. The van der Waals surface area contributed by atoms with Crippen molar-refractivity contribution in [3.8, 4) is 11.8 Å². The van der Waals surface area contributed by atoms with Crippen LogP contribution in [-0.2, 0) is 4.74 Å². The van der Waals surface area contributed by atoms with Gasteiger partial charge < -0.3 is 4.74 Å². The second-order valence-electron chi connectivity index (χ2n) is 6.72. The minimum atomic E-state index is -0.253. The van der Waals surface area contributed by atoms with Crippen LogP contribution in [-0.4, -0.2) is 12.6 Å². The maximum Gasteiger partial charge on any atom is 0.339 e. The number of hydrogen-bond acceptors (Lipinski definition) is 3. The molecule has 1 heterocycles. The Morgan fingerprint density at radius 1 is 1.33 bits per heavy atom. The molecule has 0 spiro atoms. The van der Waals surface area contributed by atoms with Crippen molar-refractivity contribution < 1.29 is 9.53 Å². The Balaban J connectivity index is 1.89. The van der Waals surface area contributed by atoms with E-state index in [0.717, 1.165) is 22.1 Å². The van der Waals surface area contributed by atoms with Gasteiger partial charge in [-0.05, 0) is 43.7 Å².